The second-order valence-electron chi connectivity index (χ2n) is 5.85. The van der Waals surface area contributed by atoms with Gasteiger partial charge in [0.05, 0.1) is 6.04 Å². The van der Waals surface area contributed by atoms with E-state index in [1.807, 2.05) is 24.3 Å². The van der Waals surface area contributed by atoms with Crippen molar-refractivity contribution in [2.45, 2.75) is 31.7 Å². The molecule has 1 aliphatic heterocycles. The van der Waals surface area contributed by atoms with Gasteiger partial charge in [-0.05, 0) is 56.0 Å². The summed E-state index contributed by atoms with van der Waals surface area (Å²) in [6, 6.07) is 7.62. The lowest BCUT2D eigenvalue weighted by atomic mass is 9.94. The number of rotatable bonds is 7. The molecule has 1 aromatic carbocycles. The molecule has 22 heavy (non-hydrogen) atoms. The Morgan fingerprint density at radius 1 is 1.36 bits per heavy atom. The van der Waals surface area contributed by atoms with Crippen molar-refractivity contribution in [3.8, 4) is 0 Å². The first-order chi connectivity index (χ1) is 10.7. The zero-order chi connectivity index (χ0) is 15.8. The standard InChI is InChI=1S/C17H25ClN2O2/c1-22-11-8-16(14-2-4-15(18)5-3-14)20-17(21)12-13-6-9-19-10-7-13/h2-5,13,16,19H,6-12H2,1H3,(H,20,21)/t16-/m0/s1. The first kappa shape index (κ1) is 17.3. The summed E-state index contributed by atoms with van der Waals surface area (Å²) in [4.78, 5) is 12.3. The van der Waals surface area contributed by atoms with E-state index < -0.39 is 0 Å². The van der Waals surface area contributed by atoms with Crippen molar-refractivity contribution in [2.24, 2.45) is 5.92 Å². The number of benzene rings is 1. The van der Waals surface area contributed by atoms with Crippen molar-refractivity contribution in [2.75, 3.05) is 26.8 Å². The first-order valence-corrected chi connectivity index (χ1v) is 8.31. The van der Waals surface area contributed by atoms with Crippen molar-refractivity contribution in [3.63, 3.8) is 0 Å². The summed E-state index contributed by atoms with van der Waals surface area (Å²) >= 11 is 5.94. The molecule has 2 rings (SSSR count). The summed E-state index contributed by atoms with van der Waals surface area (Å²) < 4.78 is 5.16. The highest BCUT2D eigenvalue weighted by molar-refractivity contribution is 6.30. The third-order valence-corrected chi connectivity index (χ3v) is 4.40. The summed E-state index contributed by atoms with van der Waals surface area (Å²) in [6.45, 7) is 2.64. The van der Waals surface area contributed by atoms with Crippen LogP contribution in [0.1, 0.15) is 37.3 Å². The van der Waals surface area contributed by atoms with Crippen LogP contribution in [-0.4, -0.2) is 32.7 Å². The van der Waals surface area contributed by atoms with E-state index in [1.54, 1.807) is 7.11 Å². The van der Waals surface area contributed by atoms with Crippen molar-refractivity contribution >= 4 is 17.5 Å². The number of hydrogen-bond donors (Lipinski definition) is 2. The third-order valence-electron chi connectivity index (χ3n) is 4.15. The van der Waals surface area contributed by atoms with E-state index in [0.29, 0.717) is 24.0 Å². The Morgan fingerprint density at radius 3 is 2.68 bits per heavy atom. The highest BCUT2D eigenvalue weighted by Gasteiger charge is 2.20. The van der Waals surface area contributed by atoms with Crippen molar-refractivity contribution in [3.05, 3.63) is 34.9 Å². The van der Waals surface area contributed by atoms with Crippen LogP contribution in [-0.2, 0) is 9.53 Å². The summed E-state index contributed by atoms with van der Waals surface area (Å²) in [6.07, 6.45) is 3.53. The molecule has 0 bridgehead atoms. The van der Waals surface area contributed by atoms with Gasteiger partial charge in [0.25, 0.3) is 0 Å². The molecule has 1 amide bonds. The minimum atomic E-state index is -0.0218. The minimum Gasteiger partial charge on any atom is -0.385 e. The average Bonchev–Trinajstić information content (AvgIpc) is 2.53. The van der Waals surface area contributed by atoms with Crippen LogP contribution in [0.3, 0.4) is 0 Å². The maximum Gasteiger partial charge on any atom is 0.220 e. The van der Waals surface area contributed by atoms with Crippen LogP contribution in [0.25, 0.3) is 0 Å². The predicted molar refractivity (Wildman–Crippen MR) is 89.0 cm³/mol. The Bertz CT molecular complexity index is 458. The van der Waals surface area contributed by atoms with Gasteiger partial charge in [-0.1, -0.05) is 23.7 Å². The van der Waals surface area contributed by atoms with Crippen LogP contribution >= 0.6 is 11.6 Å². The quantitative estimate of drug-likeness (QED) is 0.811. The van der Waals surface area contributed by atoms with Gasteiger partial charge in [-0.15, -0.1) is 0 Å². The van der Waals surface area contributed by atoms with E-state index in [1.165, 1.54) is 0 Å². The van der Waals surface area contributed by atoms with Crippen LogP contribution in [0.5, 0.6) is 0 Å². The lowest BCUT2D eigenvalue weighted by Gasteiger charge is -2.24. The summed E-state index contributed by atoms with van der Waals surface area (Å²) in [5, 5.41) is 7.18. The van der Waals surface area contributed by atoms with E-state index in [2.05, 4.69) is 10.6 Å². The fraction of sp³-hybridized carbons (Fsp3) is 0.588. The fourth-order valence-electron chi connectivity index (χ4n) is 2.85. The molecule has 1 aromatic rings. The molecular weight excluding hydrogens is 300 g/mol. The number of hydrogen-bond acceptors (Lipinski definition) is 3. The van der Waals surface area contributed by atoms with Crippen LogP contribution < -0.4 is 10.6 Å². The van der Waals surface area contributed by atoms with Gasteiger partial charge < -0.3 is 15.4 Å². The number of nitrogens with one attached hydrogen (secondary N) is 2. The van der Waals surface area contributed by atoms with Gasteiger partial charge in [0.1, 0.15) is 0 Å². The monoisotopic (exact) mass is 324 g/mol. The summed E-state index contributed by atoms with van der Waals surface area (Å²) in [5.41, 5.74) is 1.07. The lowest BCUT2D eigenvalue weighted by Crippen LogP contribution is -2.34. The van der Waals surface area contributed by atoms with Gasteiger partial charge >= 0.3 is 0 Å². The second-order valence-corrected chi connectivity index (χ2v) is 6.29. The SMILES string of the molecule is COCC[C@H](NC(=O)CC1CCNCC1)c1ccc(Cl)cc1. The highest BCUT2D eigenvalue weighted by Crippen LogP contribution is 2.21. The maximum atomic E-state index is 12.3. The molecule has 2 N–H and O–H groups in total. The van der Waals surface area contributed by atoms with Gasteiger partial charge in [0.15, 0.2) is 0 Å². The maximum absolute atomic E-state index is 12.3. The normalized spacial score (nSPS) is 17.2. The molecule has 1 heterocycles. The first-order valence-electron chi connectivity index (χ1n) is 7.93. The van der Waals surface area contributed by atoms with Gasteiger partial charge in [-0.2, -0.15) is 0 Å². The minimum absolute atomic E-state index is 0.0218. The van der Waals surface area contributed by atoms with Crippen molar-refractivity contribution in [1.82, 2.24) is 10.6 Å². The van der Waals surface area contributed by atoms with Gasteiger partial charge in [0.2, 0.25) is 5.91 Å². The number of halogens is 1. The fourth-order valence-corrected chi connectivity index (χ4v) is 2.98. The average molecular weight is 325 g/mol. The molecule has 1 fully saturated rings. The van der Waals surface area contributed by atoms with Crippen molar-refractivity contribution in [1.29, 1.82) is 0 Å². The smallest absolute Gasteiger partial charge is 0.220 e. The van der Waals surface area contributed by atoms with E-state index in [4.69, 9.17) is 16.3 Å². The van der Waals surface area contributed by atoms with E-state index in [-0.39, 0.29) is 11.9 Å². The van der Waals surface area contributed by atoms with E-state index in [9.17, 15) is 4.79 Å². The molecular formula is C17H25ClN2O2. The molecule has 0 unspecified atom stereocenters. The Labute approximate surface area is 137 Å². The second kappa shape index (κ2) is 9.13. The zero-order valence-corrected chi connectivity index (χ0v) is 13.9. The van der Waals surface area contributed by atoms with Gasteiger partial charge in [-0.3, -0.25) is 4.79 Å². The van der Waals surface area contributed by atoms with E-state index in [0.717, 1.165) is 37.9 Å². The third kappa shape index (κ3) is 5.59. The molecule has 0 radical (unpaired) electrons. The molecule has 0 saturated carbocycles. The topological polar surface area (TPSA) is 50.4 Å². The lowest BCUT2D eigenvalue weighted by molar-refractivity contribution is -0.123. The largest absolute Gasteiger partial charge is 0.385 e. The molecule has 122 valence electrons. The van der Waals surface area contributed by atoms with E-state index >= 15 is 0 Å². The molecule has 5 heteroatoms. The highest BCUT2D eigenvalue weighted by atomic mass is 35.5. The van der Waals surface area contributed by atoms with Crippen LogP contribution in [0.2, 0.25) is 5.02 Å². The Balaban J connectivity index is 1.93. The molecule has 4 nitrogen and oxygen atoms in total. The predicted octanol–water partition coefficient (Wildman–Crippen LogP) is 2.92. The molecule has 1 aliphatic rings. The number of carbonyl (C=O) groups is 1. The molecule has 0 spiro atoms. The Kier molecular flexibility index (Phi) is 7.16. The number of carbonyl (C=O) groups excluding carboxylic acids is 1. The molecule has 1 saturated heterocycles. The molecule has 0 aliphatic carbocycles. The number of amides is 1. The summed E-state index contributed by atoms with van der Waals surface area (Å²) in [5.74, 6) is 0.623. The number of ether oxygens (including phenoxy) is 1. The number of methoxy groups -OCH3 is 1. The van der Waals surface area contributed by atoms with Gasteiger partial charge in [-0.25, -0.2) is 0 Å². The molecule has 0 aromatic heterocycles. The Hall–Kier alpha value is -1.10. The van der Waals surface area contributed by atoms with Gasteiger partial charge in [0, 0.05) is 25.2 Å². The summed E-state index contributed by atoms with van der Waals surface area (Å²) in [7, 11) is 1.68. The van der Waals surface area contributed by atoms with Crippen LogP contribution in [0.15, 0.2) is 24.3 Å². The van der Waals surface area contributed by atoms with Crippen molar-refractivity contribution < 1.29 is 9.53 Å². The van der Waals surface area contributed by atoms with Crippen LogP contribution in [0.4, 0.5) is 0 Å². The van der Waals surface area contributed by atoms with Crippen LogP contribution in [0, 0.1) is 5.92 Å². The number of piperidine rings is 1. The molecule has 1 atom stereocenters. The zero-order valence-electron chi connectivity index (χ0n) is 13.1. The Morgan fingerprint density at radius 2 is 2.05 bits per heavy atom.